The minimum Gasteiger partial charge on any atom is -0.388 e. The van der Waals surface area contributed by atoms with Gasteiger partial charge in [0.05, 0.1) is 6.10 Å². The molecule has 0 aromatic carbocycles. The SMILES string of the molecule is CCCCCC(O)c1cccnc1N. The highest BCUT2D eigenvalue weighted by Gasteiger charge is 2.10. The molecule has 0 radical (unpaired) electrons. The van der Waals surface area contributed by atoms with Gasteiger partial charge in [0.2, 0.25) is 0 Å². The number of nitrogens with two attached hydrogens (primary N) is 1. The molecule has 0 aliphatic rings. The van der Waals surface area contributed by atoms with Gasteiger partial charge in [-0.05, 0) is 12.5 Å². The zero-order valence-corrected chi connectivity index (χ0v) is 8.61. The fourth-order valence-electron chi connectivity index (χ4n) is 1.45. The molecule has 0 bridgehead atoms. The van der Waals surface area contributed by atoms with E-state index in [0.29, 0.717) is 5.82 Å². The van der Waals surface area contributed by atoms with Crippen LogP contribution in [0.2, 0.25) is 0 Å². The molecule has 1 unspecified atom stereocenters. The van der Waals surface area contributed by atoms with E-state index < -0.39 is 6.10 Å². The van der Waals surface area contributed by atoms with Crippen molar-refractivity contribution in [3.63, 3.8) is 0 Å². The van der Waals surface area contributed by atoms with E-state index in [-0.39, 0.29) is 0 Å². The second-order valence-electron chi connectivity index (χ2n) is 3.49. The third-order valence-corrected chi connectivity index (χ3v) is 2.31. The van der Waals surface area contributed by atoms with Crippen LogP contribution in [0, 0.1) is 0 Å². The standard InChI is InChI=1S/C11H18N2O/c1-2-3-4-7-10(14)9-6-5-8-13-11(9)12/h5-6,8,10,14H,2-4,7H2,1H3,(H2,12,13). The van der Waals surface area contributed by atoms with Crippen molar-refractivity contribution in [3.8, 4) is 0 Å². The third-order valence-electron chi connectivity index (χ3n) is 2.31. The Kier molecular flexibility index (Phi) is 4.40. The van der Waals surface area contributed by atoms with E-state index >= 15 is 0 Å². The summed E-state index contributed by atoms with van der Waals surface area (Å²) in [4.78, 5) is 3.95. The van der Waals surface area contributed by atoms with Crippen molar-refractivity contribution in [2.45, 2.75) is 38.7 Å². The van der Waals surface area contributed by atoms with Crippen molar-refractivity contribution in [2.75, 3.05) is 5.73 Å². The van der Waals surface area contributed by atoms with Crippen LogP contribution in [-0.4, -0.2) is 10.1 Å². The fraction of sp³-hybridized carbons (Fsp3) is 0.545. The first kappa shape index (κ1) is 11.0. The van der Waals surface area contributed by atoms with Gasteiger partial charge in [-0.15, -0.1) is 0 Å². The Labute approximate surface area is 85.0 Å². The van der Waals surface area contributed by atoms with Crippen LogP contribution in [0.25, 0.3) is 0 Å². The molecule has 1 aromatic heterocycles. The van der Waals surface area contributed by atoms with E-state index in [1.165, 1.54) is 0 Å². The summed E-state index contributed by atoms with van der Waals surface area (Å²) < 4.78 is 0. The van der Waals surface area contributed by atoms with E-state index in [0.717, 1.165) is 31.2 Å². The molecule has 1 rings (SSSR count). The molecule has 0 saturated heterocycles. The van der Waals surface area contributed by atoms with Crippen LogP contribution in [0.15, 0.2) is 18.3 Å². The van der Waals surface area contributed by atoms with Gasteiger partial charge in [0.15, 0.2) is 0 Å². The number of aliphatic hydroxyl groups is 1. The van der Waals surface area contributed by atoms with Crippen molar-refractivity contribution in [1.29, 1.82) is 0 Å². The third kappa shape index (κ3) is 3.00. The van der Waals surface area contributed by atoms with Crippen LogP contribution in [-0.2, 0) is 0 Å². The number of aliphatic hydroxyl groups excluding tert-OH is 1. The minimum atomic E-state index is -0.463. The first-order valence-electron chi connectivity index (χ1n) is 5.14. The Morgan fingerprint density at radius 3 is 2.93 bits per heavy atom. The Morgan fingerprint density at radius 2 is 2.29 bits per heavy atom. The van der Waals surface area contributed by atoms with Gasteiger partial charge in [-0.3, -0.25) is 0 Å². The second kappa shape index (κ2) is 5.60. The lowest BCUT2D eigenvalue weighted by molar-refractivity contribution is 0.164. The maximum atomic E-state index is 9.81. The summed E-state index contributed by atoms with van der Waals surface area (Å²) in [5.41, 5.74) is 6.41. The van der Waals surface area contributed by atoms with Crippen molar-refractivity contribution < 1.29 is 5.11 Å². The lowest BCUT2D eigenvalue weighted by Crippen LogP contribution is -2.03. The zero-order valence-electron chi connectivity index (χ0n) is 8.61. The van der Waals surface area contributed by atoms with Crippen LogP contribution in [0.1, 0.15) is 44.3 Å². The molecule has 0 aliphatic heterocycles. The highest BCUT2D eigenvalue weighted by atomic mass is 16.3. The van der Waals surface area contributed by atoms with E-state index in [1.54, 1.807) is 12.3 Å². The second-order valence-corrected chi connectivity index (χ2v) is 3.49. The highest BCUT2D eigenvalue weighted by molar-refractivity contribution is 5.39. The Balaban J connectivity index is 2.51. The molecule has 0 fully saturated rings. The molecule has 0 spiro atoms. The summed E-state index contributed by atoms with van der Waals surface area (Å²) in [5, 5.41) is 9.81. The zero-order chi connectivity index (χ0) is 10.4. The van der Waals surface area contributed by atoms with Crippen LogP contribution in [0.4, 0.5) is 5.82 Å². The molecule has 14 heavy (non-hydrogen) atoms. The molecule has 0 aliphatic carbocycles. The molecule has 3 heteroatoms. The van der Waals surface area contributed by atoms with E-state index in [2.05, 4.69) is 11.9 Å². The topological polar surface area (TPSA) is 59.1 Å². The predicted octanol–water partition coefficient (Wildman–Crippen LogP) is 2.28. The maximum absolute atomic E-state index is 9.81. The monoisotopic (exact) mass is 194 g/mol. The number of pyridine rings is 1. The minimum absolute atomic E-state index is 0.441. The van der Waals surface area contributed by atoms with Crippen molar-refractivity contribution >= 4 is 5.82 Å². The van der Waals surface area contributed by atoms with Crippen LogP contribution < -0.4 is 5.73 Å². The maximum Gasteiger partial charge on any atom is 0.129 e. The van der Waals surface area contributed by atoms with Crippen molar-refractivity contribution in [1.82, 2.24) is 4.98 Å². The lowest BCUT2D eigenvalue weighted by atomic mass is 10.0. The van der Waals surface area contributed by atoms with E-state index in [1.807, 2.05) is 6.07 Å². The van der Waals surface area contributed by atoms with Crippen molar-refractivity contribution in [2.24, 2.45) is 0 Å². The van der Waals surface area contributed by atoms with E-state index in [4.69, 9.17) is 5.73 Å². The average molecular weight is 194 g/mol. The number of nitrogens with zero attached hydrogens (tertiary/aromatic N) is 1. The summed E-state index contributed by atoms with van der Waals surface area (Å²) in [7, 11) is 0. The Hall–Kier alpha value is -1.09. The summed E-state index contributed by atoms with van der Waals surface area (Å²) in [6.45, 7) is 2.14. The predicted molar refractivity (Wildman–Crippen MR) is 57.8 cm³/mol. The number of aromatic nitrogens is 1. The largest absolute Gasteiger partial charge is 0.388 e. The summed E-state index contributed by atoms with van der Waals surface area (Å²) in [6.07, 6.45) is 5.29. The molecule has 0 amide bonds. The van der Waals surface area contributed by atoms with E-state index in [9.17, 15) is 5.11 Å². The highest BCUT2D eigenvalue weighted by Crippen LogP contribution is 2.22. The first-order chi connectivity index (χ1) is 6.75. The molecule has 0 saturated carbocycles. The fourth-order valence-corrected chi connectivity index (χ4v) is 1.45. The number of rotatable bonds is 5. The lowest BCUT2D eigenvalue weighted by Gasteiger charge is -2.11. The van der Waals surface area contributed by atoms with Gasteiger partial charge in [-0.2, -0.15) is 0 Å². The molecular weight excluding hydrogens is 176 g/mol. The quantitative estimate of drug-likeness (QED) is 0.707. The van der Waals surface area contributed by atoms with Crippen molar-refractivity contribution in [3.05, 3.63) is 23.9 Å². The molecule has 78 valence electrons. The number of hydrogen-bond acceptors (Lipinski definition) is 3. The smallest absolute Gasteiger partial charge is 0.129 e. The normalized spacial score (nSPS) is 12.7. The molecule has 1 atom stereocenters. The van der Waals surface area contributed by atoms with Gasteiger partial charge < -0.3 is 10.8 Å². The first-order valence-corrected chi connectivity index (χ1v) is 5.14. The Bertz CT molecular complexity index is 276. The number of hydrogen-bond donors (Lipinski definition) is 2. The average Bonchev–Trinajstić information content (AvgIpc) is 2.18. The summed E-state index contributed by atoms with van der Waals surface area (Å²) in [6, 6.07) is 3.63. The van der Waals surface area contributed by atoms with Crippen LogP contribution in [0.3, 0.4) is 0 Å². The molecular formula is C11H18N2O. The van der Waals surface area contributed by atoms with Gasteiger partial charge in [0.1, 0.15) is 5.82 Å². The van der Waals surface area contributed by atoms with Gasteiger partial charge in [0, 0.05) is 11.8 Å². The molecule has 1 heterocycles. The molecule has 3 N–H and O–H groups in total. The van der Waals surface area contributed by atoms with Gasteiger partial charge in [-0.25, -0.2) is 4.98 Å². The number of anilines is 1. The van der Waals surface area contributed by atoms with Gasteiger partial charge >= 0.3 is 0 Å². The number of unbranched alkanes of at least 4 members (excludes halogenated alkanes) is 2. The van der Waals surface area contributed by atoms with Gasteiger partial charge in [-0.1, -0.05) is 32.3 Å². The summed E-state index contributed by atoms with van der Waals surface area (Å²) in [5.74, 6) is 0.441. The summed E-state index contributed by atoms with van der Waals surface area (Å²) >= 11 is 0. The number of nitrogen functional groups attached to an aromatic ring is 1. The molecule has 1 aromatic rings. The van der Waals surface area contributed by atoms with Crippen LogP contribution in [0.5, 0.6) is 0 Å². The Morgan fingerprint density at radius 1 is 1.50 bits per heavy atom. The van der Waals surface area contributed by atoms with Crippen LogP contribution >= 0.6 is 0 Å². The molecule has 3 nitrogen and oxygen atoms in total. The van der Waals surface area contributed by atoms with Gasteiger partial charge in [0.25, 0.3) is 0 Å².